The number of hydrogen-bond donors (Lipinski definition) is 2. The lowest BCUT2D eigenvalue weighted by molar-refractivity contribution is 0.659. The molecule has 0 saturated heterocycles. The molecule has 4 rings (SSSR count). The monoisotopic (exact) mass is 321 g/mol. The third-order valence-corrected chi connectivity index (χ3v) is 4.84. The van der Waals surface area contributed by atoms with E-state index in [2.05, 4.69) is 54.6 Å². The van der Waals surface area contributed by atoms with Crippen molar-refractivity contribution in [1.29, 1.82) is 0 Å². The molecule has 4 heteroatoms. The van der Waals surface area contributed by atoms with Gasteiger partial charge in [-0.25, -0.2) is 0 Å². The Balaban J connectivity index is 1.96. The number of nitrogens with zero attached hydrogens (tertiary/aromatic N) is 2. The second-order valence-corrected chi connectivity index (χ2v) is 6.62. The summed E-state index contributed by atoms with van der Waals surface area (Å²) in [6.45, 7) is 3.11. The minimum atomic E-state index is 0.706. The highest BCUT2D eigenvalue weighted by molar-refractivity contribution is 7.80. The van der Waals surface area contributed by atoms with E-state index < -0.39 is 0 Å². The Morgan fingerprint density at radius 1 is 1.13 bits per heavy atom. The molecule has 2 N–H and O–H groups in total. The molecule has 1 aliphatic rings. The average molecular weight is 321 g/mol. The van der Waals surface area contributed by atoms with Crippen molar-refractivity contribution in [3.05, 3.63) is 53.7 Å². The van der Waals surface area contributed by atoms with Crippen molar-refractivity contribution < 1.29 is 0 Å². The van der Waals surface area contributed by atoms with Gasteiger partial charge < -0.3 is 5.73 Å². The van der Waals surface area contributed by atoms with Gasteiger partial charge >= 0.3 is 0 Å². The molecular formula is C19H19N3S. The van der Waals surface area contributed by atoms with Gasteiger partial charge in [-0.15, -0.1) is 12.6 Å². The van der Waals surface area contributed by atoms with E-state index in [1.54, 1.807) is 0 Å². The zero-order chi connectivity index (χ0) is 16.0. The molecule has 2 heterocycles. The van der Waals surface area contributed by atoms with Crippen LogP contribution in [0.2, 0.25) is 0 Å². The summed E-state index contributed by atoms with van der Waals surface area (Å²) in [5, 5.41) is 4.89. The molecule has 23 heavy (non-hydrogen) atoms. The van der Waals surface area contributed by atoms with Crippen LogP contribution in [0.3, 0.4) is 0 Å². The molecule has 3 nitrogen and oxygen atoms in total. The molecule has 3 aromatic rings. The summed E-state index contributed by atoms with van der Waals surface area (Å²) in [5.74, 6) is 0. The second kappa shape index (κ2) is 5.46. The number of benzene rings is 2. The minimum Gasteiger partial charge on any atom is -0.398 e. The van der Waals surface area contributed by atoms with Crippen LogP contribution in [-0.2, 0) is 13.0 Å². The Bertz CT molecular complexity index is 896. The second-order valence-electron chi connectivity index (χ2n) is 6.14. The number of aromatic nitrogens is 2. The van der Waals surface area contributed by atoms with E-state index >= 15 is 0 Å². The van der Waals surface area contributed by atoms with Gasteiger partial charge in [0.25, 0.3) is 0 Å². The van der Waals surface area contributed by atoms with Crippen LogP contribution in [0.15, 0.2) is 47.4 Å². The number of hydrogen-bond acceptors (Lipinski definition) is 3. The third-order valence-electron chi connectivity index (χ3n) is 4.45. The summed E-state index contributed by atoms with van der Waals surface area (Å²) in [6, 6.07) is 14.6. The molecule has 0 fully saturated rings. The lowest BCUT2D eigenvalue weighted by atomic mass is 9.97. The number of anilines is 1. The first-order valence-electron chi connectivity index (χ1n) is 7.89. The number of nitrogen functional groups attached to an aromatic ring is 1. The standard InChI is InChI=1S/C19H19N3S/c1-12-4-2-5-14(10-12)19-18(16-6-3-9-22(16)21-19)13-7-8-15(20)17(23)11-13/h2,4-5,7-8,10-11,23H,3,6,9,20H2,1H3. The molecule has 1 aromatic heterocycles. The van der Waals surface area contributed by atoms with E-state index in [9.17, 15) is 0 Å². The van der Waals surface area contributed by atoms with Crippen molar-refractivity contribution >= 4 is 18.3 Å². The quantitative estimate of drug-likeness (QED) is 0.544. The third kappa shape index (κ3) is 2.43. The molecule has 1 aliphatic heterocycles. The fourth-order valence-electron chi connectivity index (χ4n) is 3.33. The van der Waals surface area contributed by atoms with Crippen LogP contribution in [0, 0.1) is 6.92 Å². The van der Waals surface area contributed by atoms with Crippen LogP contribution in [-0.4, -0.2) is 9.78 Å². The maximum absolute atomic E-state index is 5.93. The van der Waals surface area contributed by atoms with Crippen molar-refractivity contribution in [2.24, 2.45) is 0 Å². The van der Waals surface area contributed by atoms with E-state index in [0.29, 0.717) is 5.69 Å². The van der Waals surface area contributed by atoms with Crippen LogP contribution in [0.5, 0.6) is 0 Å². The highest BCUT2D eigenvalue weighted by atomic mass is 32.1. The topological polar surface area (TPSA) is 43.8 Å². The van der Waals surface area contributed by atoms with Gasteiger partial charge in [-0.1, -0.05) is 29.8 Å². The summed E-state index contributed by atoms with van der Waals surface area (Å²) < 4.78 is 2.15. The van der Waals surface area contributed by atoms with E-state index in [-0.39, 0.29) is 0 Å². The summed E-state index contributed by atoms with van der Waals surface area (Å²) in [4.78, 5) is 0.815. The largest absolute Gasteiger partial charge is 0.398 e. The van der Waals surface area contributed by atoms with Crippen LogP contribution >= 0.6 is 12.6 Å². The van der Waals surface area contributed by atoms with Gasteiger partial charge in [0, 0.05) is 33.9 Å². The van der Waals surface area contributed by atoms with Crippen molar-refractivity contribution in [1.82, 2.24) is 9.78 Å². The Morgan fingerprint density at radius 3 is 2.78 bits per heavy atom. The lowest BCUT2D eigenvalue weighted by Gasteiger charge is -2.08. The van der Waals surface area contributed by atoms with Crippen LogP contribution in [0.1, 0.15) is 17.7 Å². The van der Waals surface area contributed by atoms with Gasteiger partial charge in [0.15, 0.2) is 0 Å². The number of fused-ring (bicyclic) bond motifs is 1. The minimum absolute atomic E-state index is 0.706. The molecule has 116 valence electrons. The van der Waals surface area contributed by atoms with Crippen LogP contribution in [0.4, 0.5) is 5.69 Å². The summed E-state index contributed by atoms with van der Waals surface area (Å²) in [6.07, 6.45) is 2.23. The molecule has 0 unspecified atom stereocenters. The lowest BCUT2D eigenvalue weighted by Crippen LogP contribution is -1.94. The van der Waals surface area contributed by atoms with Gasteiger partial charge in [-0.05, 0) is 43.5 Å². The molecule has 0 saturated carbocycles. The first kappa shape index (κ1) is 14.4. The van der Waals surface area contributed by atoms with Crippen molar-refractivity contribution in [3.8, 4) is 22.4 Å². The van der Waals surface area contributed by atoms with Crippen molar-refractivity contribution in [2.75, 3.05) is 5.73 Å². The smallest absolute Gasteiger partial charge is 0.100 e. The first-order chi connectivity index (χ1) is 11.1. The molecule has 0 aliphatic carbocycles. The predicted octanol–water partition coefficient (Wildman–Crippen LogP) is 4.34. The SMILES string of the molecule is Cc1cccc(-c2nn3c(c2-c2ccc(N)c(S)c2)CCC3)c1. The molecule has 2 aromatic carbocycles. The molecule has 0 spiro atoms. The number of aryl methyl sites for hydroxylation is 2. The summed E-state index contributed by atoms with van der Waals surface area (Å²) >= 11 is 4.49. The normalized spacial score (nSPS) is 13.3. The maximum atomic E-state index is 5.93. The number of nitrogens with two attached hydrogens (primary N) is 1. The summed E-state index contributed by atoms with van der Waals surface area (Å²) in [5.41, 5.74) is 13.8. The van der Waals surface area contributed by atoms with E-state index in [1.165, 1.54) is 22.4 Å². The maximum Gasteiger partial charge on any atom is 0.100 e. The van der Waals surface area contributed by atoms with Gasteiger partial charge in [0.05, 0.1) is 0 Å². The van der Waals surface area contributed by atoms with E-state index in [0.717, 1.165) is 35.5 Å². The van der Waals surface area contributed by atoms with Gasteiger partial charge in [-0.2, -0.15) is 5.10 Å². The zero-order valence-corrected chi connectivity index (χ0v) is 14.0. The fourth-order valence-corrected chi connectivity index (χ4v) is 3.54. The Labute approximate surface area is 141 Å². The van der Waals surface area contributed by atoms with E-state index in [4.69, 9.17) is 10.8 Å². The Hall–Kier alpha value is -2.20. The van der Waals surface area contributed by atoms with Gasteiger partial charge in [-0.3, -0.25) is 4.68 Å². The number of rotatable bonds is 2. The molecule has 0 radical (unpaired) electrons. The van der Waals surface area contributed by atoms with Crippen molar-refractivity contribution in [2.45, 2.75) is 31.2 Å². The average Bonchev–Trinajstić information content (AvgIpc) is 3.10. The van der Waals surface area contributed by atoms with Crippen LogP contribution < -0.4 is 5.73 Å². The first-order valence-corrected chi connectivity index (χ1v) is 8.34. The Kier molecular flexibility index (Phi) is 3.42. The highest BCUT2D eigenvalue weighted by Crippen LogP contribution is 2.38. The highest BCUT2D eigenvalue weighted by Gasteiger charge is 2.23. The fraction of sp³-hybridized carbons (Fsp3) is 0.211. The zero-order valence-electron chi connectivity index (χ0n) is 13.1. The predicted molar refractivity (Wildman–Crippen MR) is 97.8 cm³/mol. The molecular weight excluding hydrogens is 302 g/mol. The molecule has 0 amide bonds. The van der Waals surface area contributed by atoms with E-state index in [1.807, 2.05) is 12.1 Å². The Morgan fingerprint density at radius 2 is 2.00 bits per heavy atom. The van der Waals surface area contributed by atoms with Crippen LogP contribution in [0.25, 0.3) is 22.4 Å². The number of thiol groups is 1. The van der Waals surface area contributed by atoms with Gasteiger partial charge in [0.1, 0.15) is 5.69 Å². The summed E-state index contributed by atoms with van der Waals surface area (Å²) in [7, 11) is 0. The molecule has 0 bridgehead atoms. The molecule has 0 atom stereocenters. The van der Waals surface area contributed by atoms with Gasteiger partial charge in [0.2, 0.25) is 0 Å². The van der Waals surface area contributed by atoms with Crippen molar-refractivity contribution in [3.63, 3.8) is 0 Å².